The fourth-order valence-corrected chi connectivity index (χ4v) is 6.19. The average Bonchev–Trinajstić information content (AvgIpc) is 3.57. The van der Waals surface area contributed by atoms with Gasteiger partial charge < -0.3 is 18.6 Å². The number of furan rings is 1. The number of hydrogen-bond acceptors (Lipinski definition) is 10. The first kappa shape index (κ1) is 29.0. The molecule has 0 aliphatic carbocycles. The van der Waals surface area contributed by atoms with Gasteiger partial charge in [-0.3, -0.25) is 19.5 Å². The molecule has 1 aliphatic rings. The summed E-state index contributed by atoms with van der Waals surface area (Å²) in [6.07, 6.45) is 1.68. The number of carbonyl (C=O) groups is 1. The van der Waals surface area contributed by atoms with Crippen molar-refractivity contribution in [2.75, 3.05) is 20.8 Å². The van der Waals surface area contributed by atoms with E-state index in [4.69, 9.17) is 18.6 Å². The number of fused-ring (bicyclic) bond motifs is 1. The number of halogens is 1. The highest BCUT2D eigenvalue weighted by Gasteiger charge is 2.35. The molecule has 3 heterocycles. The fourth-order valence-electron chi connectivity index (χ4n) is 4.63. The number of carbonyl (C=O) groups excluding carboxylic acids is 1. The van der Waals surface area contributed by atoms with E-state index in [-0.39, 0.29) is 23.6 Å². The number of aromatic nitrogens is 1. The lowest BCUT2D eigenvalue weighted by atomic mass is 10.0. The van der Waals surface area contributed by atoms with Gasteiger partial charge in [0, 0.05) is 29.3 Å². The molecule has 1 aliphatic heterocycles. The molecule has 216 valence electrons. The number of nitro groups is 1. The van der Waals surface area contributed by atoms with E-state index >= 15 is 0 Å². The van der Waals surface area contributed by atoms with Crippen molar-refractivity contribution in [2.45, 2.75) is 19.9 Å². The minimum atomic E-state index is -0.987. The third kappa shape index (κ3) is 5.28. The van der Waals surface area contributed by atoms with Gasteiger partial charge in [0.25, 0.3) is 11.2 Å². The number of ether oxygens (including phenoxy) is 3. The van der Waals surface area contributed by atoms with Crippen molar-refractivity contribution in [1.29, 1.82) is 0 Å². The van der Waals surface area contributed by atoms with E-state index in [2.05, 4.69) is 20.9 Å². The number of nitrogens with zero attached hydrogens (tertiary/aromatic N) is 3. The van der Waals surface area contributed by atoms with Crippen molar-refractivity contribution in [3.63, 3.8) is 0 Å². The first-order valence-electron chi connectivity index (χ1n) is 12.6. The zero-order valence-electron chi connectivity index (χ0n) is 22.9. The average molecular weight is 654 g/mol. The Morgan fingerprint density at radius 2 is 1.95 bits per heavy atom. The number of allylic oxidation sites excluding steroid dienone is 1. The number of methoxy groups -OCH3 is 2. The molecule has 0 saturated carbocycles. The van der Waals surface area contributed by atoms with Crippen molar-refractivity contribution >= 4 is 45.0 Å². The minimum Gasteiger partial charge on any atom is -0.496 e. The van der Waals surface area contributed by atoms with Crippen LogP contribution in [0.5, 0.6) is 11.5 Å². The van der Waals surface area contributed by atoms with Crippen LogP contribution in [0, 0.1) is 10.1 Å². The number of nitro benzene ring substituents is 1. The SMILES string of the molecule is CCOC(=O)C1=C(C)N=c2s/c(=C\c3cc(Br)c(OC)cc3OC)c(=O)n2[C@H]1c1ccc(-c2cccc([N+](=O)[O-])c2)o1. The van der Waals surface area contributed by atoms with E-state index in [0.717, 1.165) is 11.3 Å². The Labute approximate surface area is 251 Å². The molecule has 1 atom stereocenters. The molecule has 0 spiro atoms. The Morgan fingerprint density at radius 3 is 2.64 bits per heavy atom. The predicted octanol–water partition coefficient (Wildman–Crippen LogP) is 4.75. The third-order valence-corrected chi connectivity index (χ3v) is 8.15. The highest BCUT2D eigenvalue weighted by atomic mass is 79.9. The van der Waals surface area contributed by atoms with Gasteiger partial charge in [0.2, 0.25) is 0 Å². The third-order valence-electron chi connectivity index (χ3n) is 6.55. The summed E-state index contributed by atoms with van der Waals surface area (Å²) >= 11 is 4.63. The molecule has 13 heteroatoms. The van der Waals surface area contributed by atoms with E-state index in [1.807, 2.05) is 0 Å². The lowest BCUT2D eigenvalue weighted by Crippen LogP contribution is -2.39. The molecule has 2 aromatic carbocycles. The summed E-state index contributed by atoms with van der Waals surface area (Å²) < 4.78 is 24.8. The number of thiazole rings is 1. The highest BCUT2D eigenvalue weighted by molar-refractivity contribution is 9.10. The van der Waals surface area contributed by atoms with Crippen molar-refractivity contribution in [3.8, 4) is 22.8 Å². The Morgan fingerprint density at radius 1 is 1.19 bits per heavy atom. The van der Waals surface area contributed by atoms with E-state index in [1.54, 1.807) is 63.4 Å². The monoisotopic (exact) mass is 653 g/mol. The topological polar surface area (TPSA) is 135 Å². The van der Waals surface area contributed by atoms with Crippen LogP contribution < -0.4 is 24.4 Å². The Hall–Kier alpha value is -4.49. The lowest BCUT2D eigenvalue weighted by molar-refractivity contribution is -0.384. The van der Waals surface area contributed by atoms with Gasteiger partial charge in [-0.1, -0.05) is 23.5 Å². The van der Waals surface area contributed by atoms with E-state index in [1.165, 1.54) is 23.8 Å². The second-order valence-electron chi connectivity index (χ2n) is 9.04. The first-order valence-corrected chi connectivity index (χ1v) is 14.2. The number of non-ortho nitro benzene ring substituents is 1. The standard InChI is InChI=1S/C29H24BrN3O8S/c1-5-40-28(35)25-15(2)31-29-32(26(25)21-10-9-20(41-21)16-7-6-8-18(11-16)33(36)37)27(34)24(42-29)13-17-12-19(30)23(39-4)14-22(17)38-3/h6-14,26H,5H2,1-4H3/b24-13-/t26-/m0/s1. The predicted molar refractivity (Wildman–Crippen MR) is 158 cm³/mol. The molecule has 11 nitrogen and oxygen atoms in total. The summed E-state index contributed by atoms with van der Waals surface area (Å²) in [6.45, 7) is 3.48. The second-order valence-corrected chi connectivity index (χ2v) is 10.9. The van der Waals surface area contributed by atoms with Crippen LogP contribution in [-0.2, 0) is 9.53 Å². The fraction of sp³-hybridized carbons (Fsp3) is 0.207. The lowest BCUT2D eigenvalue weighted by Gasteiger charge is -2.22. The number of rotatable bonds is 8. The molecular weight excluding hydrogens is 630 g/mol. The van der Waals surface area contributed by atoms with Gasteiger partial charge in [0.15, 0.2) is 4.80 Å². The maximum Gasteiger partial charge on any atom is 0.338 e. The van der Waals surface area contributed by atoms with E-state index in [9.17, 15) is 19.7 Å². The minimum absolute atomic E-state index is 0.0954. The highest BCUT2D eigenvalue weighted by Crippen LogP contribution is 2.36. The van der Waals surface area contributed by atoms with Gasteiger partial charge in [-0.2, -0.15) is 0 Å². The van der Waals surface area contributed by atoms with Crippen molar-refractivity contribution in [2.24, 2.45) is 4.99 Å². The van der Waals surface area contributed by atoms with Crippen molar-refractivity contribution in [3.05, 3.63) is 105 Å². The number of benzene rings is 2. The van der Waals surface area contributed by atoms with Crippen molar-refractivity contribution in [1.82, 2.24) is 4.57 Å². The van der Waals surface area contributed by atoms with Crippen molar-refractivity contribution < 1.29 is 28.3 Å². The van der Waals surface area contributed by atoms with Crippen LogP contribution >= 0.6 is 27.3 Å². The zero-order valence-corrected chi connectivity index (χ0v) is 25.3. The number of hydrogen-bond donors (Lipinski definition) is 0. The smallest absolute Gasteiger partial charge is 0.338 e. The summed E-state index contributed by atoms with van der Waals surface area (Å²) in [5.74, 6) is 1.03. The quantitative estimate of drug-likeness (QED) is 0.151. The molecule has 0 N–H and O–H groups in total. The molecule has 0 radical (unpaired) electrons. The van der Waals surface area contributed by atoms with Gasteiger partial charge in [0.1, 0.15) is 29.1 Å². The Balaban J connectivity index is 1.69. The first-order chi connectivity index (χ1) is 20.2. The molecule has 0 fully saturated rings. The van der Waals surface area contributed by atoms with E-state index in [0.29, 0.717) is 47.9 Å². The maximum atomic E-state index is 14.0. The van der Waals surface area contributed by atoms with Crippen LogP contribution in [0.1, 0.15) is 31.2 Å². The van der Waals surface area contributed by atoms with Gasteiger partial charge in [0.05, 0.1) is 46.0 Å². The van der Waals surface area contributed by atoms with Crippen LogP contribution in [-0.4, -0.2) is 36.3 Å². The Bertz CT molecular complexity index is 1940. The van der Waals surface area contributed by atoms with Gasteiger partial charge in [-0.05, 0) is 54.1 Å². The Kier molecular flexibility index (Phi) is 8.14. The summed E-state index contributed by atoms with van der Waals surface area (Å²) in [4.78, 5) is 42.9. The molecule has 0 unspecified atom stereocenters. The van der Waals surface area contributed by atoms with Crippen LogP contribution in [0.25, 0.3) is 17.4 Å². The summed E-state index contributed by atoms with van der Waals surface area (Å²) in [5.41, 5.74) is 1.13. The molecule has 42 heavy (non-hydrogen) atoms. The molecular formula is C29H24BrN3O8S. The second kappa shape index (κ2) is 11.8. The van der Waals surface area contributed by atoms with E-state index < -0.39 is 22.5 Å². The zero-order chi connectivity index (χ0) is 30.1. The summed E-state index contributed by atoms with van der Waals surface area (Å²) in [5, 5.41) is 11.3. The molecule has 5 rings (SSSR count). The molecule has 0 bridgehead atoms. The normalized spacial score (nSPS) is 14.8. The molecule has 0 saturated heterocycles. The molecule has 4 aromatic rings. The van der Waals surface area contributed by atoms with Crippen LogP contribution in [0.4, 0.5) is 5.69 Å². The van der Waals surface area contributed by atoms with Gasteiger partial charge in [-0.25, -0.2) is 9.79 Å². The number of esters is 1. The van der Waals surface area contributed by atoms with Crippen LogP contribution in [0.15, 0.2) is 78.5 Å². The summed E-state index contributed by atoms with van der Waals surface area (Å²) in [6, 6.07) is 11.8. The van der Waals surface area contributed by atoms with Gasteiger partial charge in [-0.15, -0.1) is 0 Å². The maximum absolute atomic E-state index is 14.0. The largest absolute Gasteiger partial charge is 0.496 e. The van der Waals surface area contributed by atoms with Crippen LogP contribution in [0.3, 0.4) is 0 Å². The molecule has 0 amide bonds. The summed E-state index contributed by atoms with van der Waals surface area (Å²) in [7, 11) is 3.06. The van der Waals surface area contributed by atoms with Gasteiger partial charge >= 0.3 is 5.97 Å². The van der Waals surface area contributed by atoms with Crippen LogP contribution in [0.2, 0.25) is 0 Å². The molecule has 2 aromatic heterocycles.